The van der Waals surface area contributed by atoms with Gasteiger partial charge in [0.2, 0.25) is 0 Å². The van der Waals surface area contributed by atoms with Crippen molar-refractivity contribution in [3.63, 3.8) is 0 Å². The SMILES string of the molecule is CC(C)=CC(N)c1ccco1. The minimum atomic E-state index is -0.102. The Morgan fingerprint density at radius 2 is 2.36 bits per heavy atom. The first-order valence-corrected chi connectivity index (χ1v) is 3.64. The number of allylic oxidation sites excluding steroid dienone is 1. The third-order valence-electron chi connectivity index (χ3n) is 1.38. The van der Waals surface area contributed by atoms with Crippen LogP contribution in [0.15, 0.2) is 34.5 Å². The van der Waals surface area contributed by atoms with Crippen LogP contribution in [0.1, 0.15) is 25.6 Å². The lowest BCUT2D eigenvalue weighted by molar-refractivity contribution is 0.493. The predicted octanol–water partition coefficient (Wildman–Crippen LogP) is 2.25. The van der Waals surface area contributed by atoms with Crippen molar-refractivity contribution in [3.05, 3.63) is 35.8 Å². The Hall–Kier alpha value is -1.02. The largest absolute Gasteiger partial charge is 0.467 e. The van der Waals surface area contributed by atoms with Gasteiger partial charge in [-0.2, -0.15) is 0 Å². The molecule has 0 aromatic carbocycles. The van der Waals surface area contributed by atoms with Gasteiger partial charge in [-0.3, -0.25) is 0 Å². The van der Waals surface area contributed by atoms with E-state index in [9.17, 15) is 0 Å². The molecule has 0 aliphatic carbocycles. The van der Waals surface area contributed by atoms with E-state index >= 15 is 0 Å². The Morgan fingerprint density at radius 1 is 1.64 bits per heavy atom. The van der Waals surface area contributed by atoms with Crippen molar-refractivity contribution < 1.29 is 4.42 Å². The third kappa shape index (κ3) is 2.24. The van der Waals surface area contributed by atoms with Gasteiger partial charge in [0.05, 0.1) is 12.3 Å². The van der Waals surface area contributed by atoms with E-state index < -0.39 is 0 Å². The van der Waals surface area contributed by atoms with Crippen LogP contribution in [0, 0.1) is 0 Å². The highest BCUT2D eigenvalue weighted by molar-refractivity contribution is 5.12. The van der Waals surface area contributed by atoms with E-state index in [0.29, 0.717) is 0 Å². The van der Waals surface area contributed by atoms with E-state index in [1.807, 2.05) is 32.1 Å². The number of furan rings is 1. The minimum Gasteiger partial charge on any atom is -0.467 e. The molecule has 1 aromatic heterocycles. The van der Waals surface area contributed by atoms with E-state index in [4.69, 9.17) is 10.2 Å². The topological polar surface area (TPSA) is 39.2 Å². The molecule has 1 rings (SSSR count). The van der Waals surface area contributed by atoms with Gasteiger partial charge in [0.1, 0.15) is 5.76 Å². The summed E-state index contributed by atoms with van der Waals surface area (Å²) < 4.78 is 5.13. The molecule has 0 bridgehead atoms. The molecule has 0 aliphatic heterocycles. The molecule has 60 valence electrons. The molecule has 2 nitrogen and oxygen atoms in total. The molecule has 0 fully saturated rings. The second kappa shape index (κ2) is 3.39. The van der Waals surface area contributed by atoms with Gasteiger partial charge in [0.15, 0.2) is 0 Å². The Morgan fingerprint density at radius 3 is 2.82 bits per heavy atom. The van der Waals surface area contributed by atoms with E-state index in [2.05, 4.69) is 0 Å². The second-order valence-electron chi connectivity index (χ2n) is 2.79. The van der Waals surface area contributed by atoms with Crippen LogP contribution in [0.5, 0.6) is 0 Å². The fraction of sp³-hybridized carbons (Fsp3) is 0.333. The summed E-state index contributed by atoms with van der Waals surface area (Å²) >= 11 is 0. The summed E-state index contributed by atoms with van der Waals surface area (Å²) in [6.45, 7) is 4.03. The molecule has 0 saturated heterocycles. The maximum absolute atomic E-state index is 5.77. The molecule has 0 spiro atoms. The van der Waals surface area contributed by atoms with Crippen LogP contribution in [0.25, 0.3) is 0 Å². The quantitative estimate of drug-likeness (QED) is 0.658. The van der Waals surface area contributed by atoms with Crippen LogP contribution in [0.3, 0.4) is 0 Å². The molecular weight excluding hydrogens is 138 g/mol. The smallest absolute Gasteiger partial charge is 0.124 e. The molecule has 0 saturated carbocycles. The van der Waals surface area contributed by atoms with Crippen molar-refractivity contribution in [2.24, 2.45) is 5.73 Å². The Balaban J connectivity index is 2.71. The van der Waals surface area contributed by atoms with Crippen molar-refractivity contribution >= 4 is 0 Å². The first kappa shape index (κ1) is 8.08. The molecule has 0 aliphatic rings. The van der Waals surface area contributed by atoms with Gasteiger partial charge in [-0.15, -0.1) is 0 Å². The lowest BCUT2D eigenvalue weighted by Crippen LogP contribution is -2.05. The molecule has 1 atom stereocenters. The van der Waals surface area contributed by atoms with Crippen molar-refractivity contribution in [3.8, 4) is 0 Å². The van der Waals surface area contributed by atoms with Gasteiger partial charge in [-0.05, 0) is 26.0 Å². The van der Waals surface area contributed by atoms with Gasteiger partial charge in [-0.1, -0.05) is 11.6 Å². The van der Waals surface area contributed by atoms with Gasteiger partial charge in [0.25, 0.3) is 0 Å². The summed E-state index contributed by atoms with van der Waals surface area (Å²) in [5.41, 5.74) is 6.97. The van der Waals surface area contributed by atoms with Crippen LogP contribution in [-0.2, 0) is 0 Å². The molecule has 0 radical (unpaired) electrons. The first-order chi connectivity index (χ1) is 5.20. The zero-order chi connectivity index (χ0) is 8.27. The fourth-order valence-corrected chi connectivity index (χ4v) is 0.922. The predicted molar refractivity (Wildman–Crippen MR) is 45.1 cm³/mol. The van der Waals surface area contributed by atoms with E-state index in [-0.39, 0.29) is 6.04 Å². The number of rotatable bonds is 2. The van der Waals surface area contributed by atoms with Crippen molar-refractivity contribution in [2.45, 2.75) is 19.9 Å². The molecule has 1 aromatic rings. The van der Waals surface area contributed by atoms with Crippen LogP contribution >= 0.6 is 0 Å². The molecule has 2 N–H and O–H groups in total. The Kier molecular flexibility index (Phi) is 2.49. The fourth-order valence-electron chi connectivity index (χ4n) is 0.922. The van der Waals surface area contributed by atoms with E-state index in [0.717, 1.165) is 5.76 Å². The zero-order valence-corrected chi connectivity index (χ0v) is 6.87. The van der Waals surface area contributed by atoms with Gasteiger partial charge in [-0.25, -0.2) is 0 Å². The summed E-state index contributed by atoms with van der Waals surface area (Å²) in [6.07, 6.45) is 3.60. The summed E-state index contributed by atoms with van der Waals surface area (Å²) in [4.78, 5) is 0. The lowest BCUT2D eigenvalue weighted by Gasteiger charge is -2.01. The zero-order valence-electron chi connectivity index (χ0n) is 6.87. The van der Waals surface area contributed by atoms with Gasteiger partial charge >= 0.3 is 0 Å². The number of hydrogen-bond donors (Lipinski definition) is 1. The van der Waals surface area contributed by atoms with Crippen molar-refractivity contribution in [1.29, 1.82) is 0 Å². The lowest BCUT2D eigenvalue weighted by atomic mass is 10.2. The van der Waals surface area contributed by atoms with E-state index in [1.165, 1.54) is 5.57 Å². The van der Waals surface area contributed by atoms with Gasteiger partial charge in [0, 0.05) is 0 Å². The molecular formula is C9H13NO. The maximum Gasteiger partial charge on any atom is 0.124 e. The van der Waals surface area contributed by atoms with Crippen molar-refractivity contribution in [1.82, 2.24) is 0 Å². The normalized spacial score (nSPS) is 12.6. The molecule has 1 heterocycles. The van der Waals surface area contributed by atoms with Crippen LogP contribution in [0.4, 0.5) is 0 Å². The van der Waals surface area contributed by atoms with E-state index in [1.54, 1.807) is 6.26 Å². The minimum absolute atomic E-state index is 0.102. The summed E-state index contributed by atoms with van der Waals surface area (Å²) in [5.74, 6) is 0.811. The maximum atomic E-state index is 5.77. The van der Waals surface area contributed by atoms with Crippen LogP contribution in [0.2, 0.25) is 0 Å². The van der Waals surface area contributed by atoms with Crippen molar-refractivity contribution in [2.75, 3.05) is 0 Å². The summed E-state index contributed by atoms with van der Waals surface area (Å²) in [5, 5.41) is 0. The van der Waals surface area contributed by atoms with Crippen LogP contribution in [-0.4, -0.2) is 0 Å². The standard InChI is InChI=1S/C9H13NO/c1-7(2)6-8(10)9-4-3-5-11-9/h3-6,8H,10H2,1-2H3. The molecule has 0 amide bonds. The third-order valence-corrected chi connectivity index (χ3v) is 1.38. The highest BCUT2D eigenvalue weighted by Crippen LogP contribution is 2.12. The van der Waals surface area contributed by atoms with Gasteiger partial charge < -0.3 is 10.2 Å². The second-order valence-corrected chi connectivity index (χ2v) is 2.79. The Bertz CT molecular complexity index is 232. The Labute approximate surface area is 66.7 Å². The number of nitrogens with two attached hydrogens (primary N) is 1. The average Bonchev–Trinajstić information content (AvgIpc) is 2.35. The first-order valence-electron chi connectivity index (χ1n) is 3.64. The van der Waals surface area contributed by atoms with Crippen LogP contribution < -0.4 is 5.73 Å². The molecule has 2 heteroatoms. The molecule has 11 heavy (non-hydrogen) atoms. The molecule has 1 unspecified atom stereocenters. The monoisotopic (exact) mass is 151 g/mol. The summed E-state index contributed by atoms with van der Waals surface area (Å²) in [7, 11) is 0. The summed E-state index contributed by atoms with van der Waals surface area (Å²) in [6, 6.07) is 3.62. The highest BCUT2D eigenvalue weighted by Gasteiger charge is 2.03. The average molecular weight is 151 g/mol. The highest BCUT2D eigenvalue weighted by atomic mass is 16.3. The number of hydrogen-bond acceptors (Lipinski definition) is 2.